The fourth-order valence-electron chi connectivity index (χ4n) is 2.88. The van der Waals surface area contributed by atoms with Gasteiger partial charge in [-0.15, -0.1) is 11.8 Å². The van der Waals surface area contributed by atoms with Crippen molar-refractivity contribution in [3.05, 3.63) is 53.6 Å². The normalized spacial score (nSPS) is 16.9. The molecule has 4 heteroatoms. The Bertz CT molecular complexity index is 645. The summed E-state index contributed by atoms with van der Waals surface area (Å²) in [7, 11) is 3.36. The third-order valence-electron chi connectivity index (χ3n) is 3.98. The smallest absolute Gasteiger partial charge is 0.165 e. The molecule has 1 aliphatic rings. The summed E-state index contributed by atoms with van der Waals surface area (Å²) in [5, 5.41) is 3.67. The second-order valence-corrected chi connectivity index (χ2v) is 6.40. The van der Waals surface area contributed by atoms with Crippen LogP contribution in [0.3, 0.4) is 0 Å². The van der Waals surface area contributed by atoms with Gasteiger partial charge in [-0.25, -0.2) is 0 Å². The van der Waals surface area contributed by atoms with Crippen molar-refractivity contribution in [1.29, 1.82) is 0 Å². The molecule has 1 aliphatic heterocycles. The topological polar surface area (TPSA) is 30.5 Å². The second-order valence-electron chi connectivity index (χ2n) is 5.26. The molecule has 3 nitrogen and oxygen atoms in total. The number of thioether (sulfide) groups is 1. The summed E-state index contributed by atoms with van der Waals surface area (Å²) in [6.45, 7) is 0.768. The zero-order valence-corrected chi connectivity index (χ0v) is 13.8. The minimum absolute atomic E-state index is 0.397. The third kappa shape index (κ3) is 3.08. The number of ether oxygens (including phenoxy) is 2. The first-order chi connectivity index (χ1) is 10.8. The molecule has 0 aromatic heterocycles. The highest BCUT2D eigenvalue weighted by atomic mass is 32.2. The molecule has 0 amide bonds. The molecule has 0 spiro atoms. The van der Waals surface area contributed by atoms with Crippen LogP contribution in [0.4, 0.5) is 0 Å². The van der Waals surface area contributed by atoms with Crippen molar-refractivity contribution in [3.8, 4) is 11.5 Å². The Balaban J connectivity index is 1.77. The molecule has 0 radical (unpaired) electrons. The van der Waals surface area contributed by atoms with Gasteiger partial charge in [-0.05, 0) is 29.9 Å². The van der Waals surface area contributed by atoms with E-state index in [0.29, 0.717) is 6.04 Å². The molecule has 2 aromatic carbocycles. The van der Waals surface area contributed by atoms with Crippen molar-refractivity contribution in [2.75, 3.05) is 20.0 Å². The Hall–Kier alpha value is -1.65. The van der Waals surface area contributed by atoms with Crippen molar-refractivity contribution in [2.24, 2.45) is 0 Å². The predicted molar refractivity (Wildman–Crippen MR) is 90.9 cm³/mol. The van der Waals surface area contributed by atoms with E-state index in [1.807, 2.05) is 23.9 Å². The molecule has 0 fully saturated rings. The van der Waals surface area contributed by atoms with Gasteiger partial charge in [0.2, 0.25) is 0 Å². The number of fused-ring (bicyclic) bond motifs is 1. The number of rotatable bonds is 5. The van der Waals surface area contributed by atoms with Crippen LogP contribution < -0.4 is 14.8 Å². The van der Waals surface area contributed by atoms with E-state index in [1.165, 1.54) is 10.5 Å². The quantitative estimate of drug-likeness (QED) is 0.902. The van der Waals surface area contributed by atoms with Crippen LogP contribution in [0.25, 0.3) is 0 Å². The van der Waals surface area contributed by atoms with E-state index in [2.05, 4.69) is 35.6 Å². The Morgan fingerprint density at radius 3 is 2.77 bits per heavy atom. The summed E-state index contributed by atoms with van der Waals surface area (Å²) in [6.07, 6.45) is 1.15. The van der Waals surface area contributed by atoms with Crippen LogP contribution in [0.5, 0.6) is 11.5 Å². The van der Waals surface area contributed by atoms with Gasteiger partial charge in [0.1, 0.15) is 0 Å². The van der Waals surface area contributed by atoms with Crippen LogP contribution in [0, 0.1) is 0 Å². The van der Waals surface area contributed by atoms with Crippen molar-refractivity contribution >= 4 is 11.8 Å². The summed E-state index contributed by atoms with van der Waals surface area (Å²) in [5.41, 5.74) is 2.53. The van der Waals surface area contributed by atoms with Gasteiger partial charge in [0.05, 0.1) is 14.2 Å². The first kappa shape index (κ1) is 15.3. The maximum Gasteiger partial charge on any atom is 0.165 e. The molecule has 3 rings (SSSR count). The zero-order chi connectivity index (χ0) is 15.4. The molecule has 0 bridgehead atoms. The highest BCUT2D eigenvalue weighted by molar-refractivity contribution is 7.99. The van der Waals surface area contributed by atoms with E-state index >= 15 is 0 Å². The molecule has 2 aromatic rings. The lowest BCUT2D eigenvalue weighted by Gasteiger charge is -2.26. The summed E-state index contributed by atoms with van der Waals surface area (Å²) in [5.74, 6) is 2.75. The molecule has 0 saturated heterocycles. The van der Waals surface area contributed by atoms with Crippen LogP contribution in [-0.4, -0.2) is 20.0 Å². The van der Waals surface area contributed by atoms with Gasteiger partial charge < -0.3 is 14.8 Å². The molecule has 22 heavy (non-hydrogen) atoms. The van der Waals surface area contributed by atoms with Gasteiger partial charge in [0.25, 0.3) is 0 Å². The number of para-hydroxylation sites is 1. The molecule has 0 saturated carbocycles. The Kier molecular flexibility index (Phi) is 4.90. The van der Waals surface area contributed by atoms with Crippen LogP contribution >= 0.6 is 11.8 Å². The maximum absolute atomic E-state index is 5.51. The first-order valence-electron chi connectivity index (χ1n) is 7.48. The standard InChI is InChI=1S/C18H21NO2S/c1-20-16-8-5-6-13(18(16)21-2)12-19-15-10-11-22-17-9-4-3-7-14(15)17/h3-9,15,19H,10-12H2,1-2H3/t15-/m0/s1. The molecule has 1 heterocycles. The average Bonchev–Trinajstić information content (AvgIpc) is 2.59. The molecule has 0 unspecified atom stereocenters. The van der Waals surface area contributed by atoms with Gasteiger partial charge >= 0.3 is 0 Å². The minimum Gasteiger partial charge on any atom is -0.493 e. The highest BCUT2D eigenvalue weighted by Gasteiger charge is 2.20. The van der Waals surface area contributed by atoms with Gasteiger partial charge in [-0.1, -0.05) is 30.3 Å². The summed E-state index contributed by atoms with van der Waals surface area (Å²) < 4.78 is 10.9. The van der Waals surface area contributed by atoms with Crippen LogP contribution in [0.2, 0.25) is 0 Å². The number of methoxy groups -OCH3 is 2. The van der Waals surface area contributed by atoms with Crippen LogP contribution in [0.1, 0.15) is 23.6 Å². The minimum atomic E-state index is 0.397. The van der Waals surface area contributed by atoms with E-state index in [9.17, 15) is 0 Å². The number of hydrogen-bond donors (Lipinski definition) is 1. The summed E-state index contributed by atoms with van der Waals surface area (Å²) >= 11 is 1.94. The highest BCUT2D eigenvalue weighted by Crippen LogP contribution is 2.36. The monoisotopic (exact) mass is 315 g/mol. The Labute approximate surface area is 136 Å². The molecule has 1 atom stereocenters. The van der Waals surface area contributed by atoms with Gasteiger partial charge in [-0.3, -0.25) is 0 Å². The van der Waals surface area contributed by atoms with E-state index in [0.717, 1.165) is 35.8 Å². The van der Waals surface area contributed by atoms with Gasteiger partial charge in [0, 0.05) is 23.0 Å². The SMILES string of the molecule is COc1cccc(CN[C@H]2CCSc3ccccc32)c1OC. The number of hydrogen-bond acceptors (Lipinski definition) is 4. The van der Waals surface area contributed by atoms with Crippen molar-refractivity contribution < 1.29 is 9.47 Å². The molecular formula is C18H21NO2S. The first-order valence-corrected chi connectivity index (χ1v) is 8.47. The lowest BCUT2D eigenvalue weighted by Crippen LogP contribution is -2.24. The Morgan fingerprint density at radius 1 is 1.09 bits per heavy atom. The van der Waals surface area contributed by atoms with Gasteiger partial charge in [0.15, 0.2) is 11.5 Å². The van der Waals surface area contributed by atoms with E-state index in [4.69, 9.17) is 9.47 Å². The lowest BCUT2D eigenvalue weighted by atomic mass is 10.0. The van der Waals surface area contributed by atoms with Crippen LogP contribution in [0.15, 0.2) is 47.4 Å². The lowest BCUT2D eigenvalue weighted by molar-refractivity contribution is 0.349. The molecular weight excluding hydrogens is 294 g/mol. The fourth-order valence-corrected chi connectivity index (χ4v) is 4.01. The summed E-state index contributed by atoms with van der Waals surface area (Å²) in [6, 6.07) is 15.1. The molecule has 1 N–H and O–H groups in total. The summed E-state index contributed by atoms with van der Waals surface area (Å²) in [4.78, 5) is 1.39. The van der Waals surface area contributed by atoms with Crippen molar-refractivity contribution in [3.63, 3.8) is 0 Å². The predicted octanol–water partition coefficient (Wildman–Crippen LogP) is 4.03. The fraction of sp³-hybridized carbons (Fsp3) is 0.333. The second kappa shape index (κ2) is 7.07. The molecule has 0 aliphatic carbocycles. The number of nitrogens with one attached hydrogen (secondary N) is 1. The Morgan fingerprint density at radius 2 is 1.95 bits per heavy atom. The van der Waals surface area contributed by atoms with E-state index in [1.54, 1.807) is 14.2 Å². The number of benzene rings is 2. The van der Waals surface area contributed by atoms with Crippen LogP contribution in [-0.2, 0) is 6.54 Å². The van der Waals surface area contributed by atoms with E-state index in [-0.39, 0.29) is 0 Å². The maximum atomic E-state index is 5.51. The zero-order valence-electron chi connectivity index (χ0n) is 13.0. The van der Waals surface area contributed by atoms with E-state index < -0.39 is 0 Å². The van der Waals surface area contributed by atoms with Crippen molar-refractivity contribution in [2.45, 2.75) is 23.9 Å². The average molecular weight is 315 g/mol. The van der Waals surface area contributed by atoms with Crippen molar-refractivity contribution in [1.82, 2.24) is 5.32 Å². The molecule has 116 valence electrons. The third-order valence-corrected chi connectivity index (χ3v) is 5.10. The largest absolute Gasteiger partial charge is 0.493 e. The van der Waals surface area contributed by atoms with Gasteiger partial charge in [-0.2, -0.15) is 0 Å².